The standard InChI is InChI=1S/C18H26N4O.2ClH/c1-4-21-15-9-6-5-8-14(15)20-17(21)16-10-7-11-22(16)18(23)12(2)13(3)19;;/h5-6,8-9,12-13,16H,4,7,10-11,19H2,1-3H3;2*1H. The van der Waals surface area contributed by atoms with Gasteiger partial charge in [0, 0.05) is 19.1 Å². The van der Waals surface area contributed by atoms with E-state index >= 15 is 0 Å². The summed E-state index contributed by atoms with van der Waals surface area (Å²) in [6.45, 7) is 7.61. The number of likely N-dealkylation sites (tertiary alicyclic amines) is 1. The lowest BCUT2D eigenvalue weighted by molar-refractivity contribution is -0.136. The fraction of sp³-hybridized carbons (Fsp3) is 0.556. The van der Waals surface area contributed by atoms with E-state index in [4.69, 9.17) is 10.7 Å². The number of aromatic nitrogens is 2. The van der Waals surface area contributed by atoms with Gasteiger partial charge in [0.15, 0.2) is 0 Å². The van der Waals surface area contributed by atoms with Crippen molar-refractivity contribution < 1.29 is 4.79 Å². The largest absolute Gasteiger partial charge is 0.332 e. The van der Waals surface area contributed by atoms with Crippen LogP contribution in [0.5, 0.6) is 0 Å². The Balaban J connectivity index is 0.00000156. The molecule has 1 aliphatic rings. The predicted octanol–water partition coefficient (Wildman–Crippen LogP) is 3.55. The molecule has 2 heterocycles. The maximum absolute atomic E-state index is 12.8. The third-order valence-corrected chi connectivity index (χ3v) is 5.01. The van der Waals surface area contributed by atoms with Crippen molar-refractivity contribution in [1.82, 2.24) is 14.5 Å². The molecule has 1 saturated heterocycles. The second-order valence-electron chi connectivity index (χ2n) is 6.54. The van der Waals surface area contributed by atoms with Gasteiger partial charge >= 0.3 is 0 Å². The number of rotatable bonds is 4. The number of carbonyl (C=O) groups is 1. The molecule has 0 radical (unpaired) electrons. The number of aryl methyl sites for hydroxylation is 1. The Hall–Kier alpha value is -1.30. The second kappa shape index (κ2) is 8.88. The number of nitrogens with two attached hydrogens (primary N) is 1. The monoisotopic (exact) mass is 386 g/mol. The summed E-state index contributed by atoms with van der Waals surface area (Å²) in [4.78, 5) is 19.6. The van der Waals surface area contributed by atoms with E-state index in [9.17, 15) is 4.79 Å². The number of para-hydroxylation sites is 2. The first-order valence-corrected chi connectivity index (χ1v) is 8.55. The van der Waals surface area contributed by atoms with Gasteiger partial charge < -0.3 is 15.2 Å². The van der Waals surface area contributed by atoms with Crippen LogP contribution >= 0.6 is 24.8 Å². The number of fused-ring (bicyclic) bond motifs is 1. The number of amides is 1. The summed E-state index contributed by atoms with van der Waals surface area (Å²) in [6, 6.07) is 8.12. The lowest BCUT2D eigenvalue weighted by atomic mass is 10.0. The molecule has 5 nitrogen and oxygen atoms in total. The molecule has 3 unspecified atom stereocenters. The van der Waals surface area contributed by atoms with Gasteiger partial charge in [-0.05, 0) is 38.8 Å². The molecule has 2 aromatic rings. The normalized spacial score (nSPS) is 19.2. The predicted molar refractivity (Wildman–Crippen MR) is 106 cm³/mol. The van der Waals surface area contributed by atoms with Crippen LogP contribution in [-0.4, -0.2) is 32.9 Å². The fourth-order valence-corrected chi connectivity index (χ4v) is 3.47. The first-order valence-electron chi connectivity index (χ1n) is 8.55. The van der Waals surface area contributed by atoms with Gasteiger partial charge in [0.1, 0.15) is 5.82 Å². The summed E-state index contributed by atoms with van der Waals surface area (Å²) in [6.07, 6.45) is 2.00. The minimum absolute atomic E-state index is 0. The summed E-state index contributed by atoms with van der Waals surface area (Å²) < 4.78 is 2.24. The maximum atomic E-state index is 12.8. The van der Waals surface area contributed by atoms with Crippen molar-refractivity contribution in [2.24, 2.45) is 11.7 Å². The number of nitrogens with zero attached hydrogens (tertiary/aromatic N) is 3. The molecule has 140 valence electrons. The molecule has 1 aliphatic heterocycles. The van der Waals surface area contributed by atoms with Gasteiger partial charge in [-0.2, -0.15) is 0 Å². The summed E-state index contributed by atoms with van der Waals surface area (Å²) in [5.41, 5.74) is 8.08. The van der Waals surface area contributed by atoms with Crippen molar-refractivity contribution in [1.29, 1.82) is 0 Å². The Kier molecular flexibility index (Phi) is 7.72. The summed E-state index contributed by atoms with van der Waals surface area (Å²) >= 11 is 0. The quantitative estimate of drug-likeness (QED) is 0.873. The van der Waals surface area contributed by atoms with Crippen molar-refractivity contribution in [3.63, 3.8) is 0 Å². The van der Waals surface area contributed by atoms with Crippen LogP contribution < -0.4 is 5.73 Å². The average molecular weight is 387 g/mol. The fourth-order valence-electron chi connectivity index (χ4n) is 3.47. The maximum Gasteiger partial charge on any atom is 0.227 e. The molecule has 3 rings (SSSR count). The molecule has 3 atom stereocenters. The average Bonchev–Trinajstić information content (AvgIpc) is 3.16. The number of hydrogen-bond acceptors (Lipinski definition) is 3. The van der Waals surface area contributed by atoms with E-state index in [1.54, 1.807) is 0 Å². The van der Waals surface area contributed by atoms with Gasteiger partial charge in [0.25, 0.3) is 0 Å². The van der Waals surface area contributed by atoms with E-state index in [1.807, 2.05) is 36.9 Å². The van der Waals surface area contributed by atoms with E-state index in [0.29, 0.717) is 0 Å². The molecule has 7 heteroatoms. The molecule has 25 heavy (non-hydrogen) atoms. The van der Waals surface area contributed by atoms with Crippen LogP contribution in [0.2, 0.25) is 0 Å². The Morgan fingerprint density at radius 2 is 2.00 bits per heavy atom. The summed E-state index contributed by atoms with van der Waals surface area (Å²) in [7, 11) is 0. The van der Waals surface area contributed by atoms with Crippen LogP contribution in [0.1, 0.15) is 45.5 Å². The molecular weight excluding hydrogens is 359 g/mol. The number of imidazole rings is 1. The third kappa shape index (κ3) is 3.94. The number of carbonyl (C=O) groups excluding carboxylic acids is 1. The van der Waals surface area contributed by atoms with Crippen LogP contribution in [0.3, 0.4) is 0 Å². The Labute approximate surface area is 161 Å². The molecule has 0 aliphatic carbocycles. The van der Waals surface area contributed by atoms with E-state index in [2.05, 4.69) is 17.6 Å². The molecule has 1 aromatic carbocycles. The molecular formula is C18H28Cl2N4O. The zero-order chi connectivity index (χ0) is 16.6. The van der Waals surface area contributed by atoms with Crippen LogP contribution in [-0.2, 0) is 11.3 Å². The molecule has 0 saturated carbocycles. The van der Waals surface area contributed by atoms with Gasteiger partial charge in [-0.1, -0.05) is 19.1 Å². The van der Waals surface area contributed by atoms with Crippen LogP contribution in [0.4, 0.5) is 0 Å². The van der Waals surface area contributed by atoms with Gasteiger partial charge in [-0.3, -0.25) is 4.79 Å². The zero-order valence-electron chi connectivity index (χ0n) is 15.0. The third-order valence-electron chi connectivity index (χ3n) is 5.01. The SMILES string of the molecule is CCn1c(C2CCCN2C(=O)C(C)C(C)N)nc2ccccc21.Cl.Cl. The van der Waals surface area contributed by atoms with Crippen molar-refractivity contribution in [2.75, 3.05) is 6.54 Å². The van der Waals surface area contributed by atoms with Crippen molar-refractivity contribution in [2.45, 2.75) is 52.2 Å². The molecule has 0 spiro atoms. The molecule has 2 N–H and O–H groups in total. The first-order chi connectivity index (χ1) is 11.0. The number of benzene rings is 1. The Bertz CT molecular complexity index is 716. The van der Waals surface area contributed by atoms with Crippen molar-refractivity contribution >= 4 is 41.8 Å². The number of hydrogen-bond donors (Lipinski definition) is 1. The second-order valence-corrected chi connectivity index (χ2v) is 6.54. The van der Waals surface area contributed by atoms with Crippen LogP contribution in [0.25, 0.3) is 11.0 Å². The highest BCUT2D eigenvalue weighted by molar-refractivity contribution is 5.85. The van der Waals surface area contributed by atoms with E-state index in [0.717, 1.165) is 42.8 Å². The smallest absolute Gasteiger partial charge is 0.227 e. The molecule has 1 fully saturated rings. The molecule has 0 bridgehead atoms. The minimum atomic E-state index is -0.157. The highest BCUT2D eigenvalue weighted by Gasteiger charge is 2.36. The van der Waals surface area contributed by atoms with Gasteiger partial charge in [-0.15, -0.1) is 24.8 Å². The van der Waals surface area contributed by atoms with E-state index in [1.165, 1.54) is 0 Å². The van der Waals surface area contributed by atoms with E-state index < -0.39 is 0 Å². The topological polar surface area (TPSA) is 64.2 Å². The summed E-state index contributed by atoms with van der Waals surface area (Å²) in [5.74, 6) is 1.00. The van der Waals surface area contributed by atoms with Gasteiger partial charge in [0.2, 0.25) is 5.91 Å². The molecule has 1 aromatic heterocycles. The lowest BCUT2D eigenvalue weighted by Crippen LogP contribution is -2.41. The Morgan fingerprint density at radius 3 is 2.64 bits per heavy atom. The van der Waals surface area contributed by atoms with Crippen molar-refractivity contribution in [3.05, 3.63) is 30.1 Å². The number of halogens is 2. The zero-order valence-corrected chi connectivity index (χ0v) is 16.6. The first kappa shape index (κ1) is 21.7. The van der Waals surface area contributed by atoms with Gasteiger partial charge in [-0.25, -0.2) is 4.98 Å². The van der Waals surface area contributed by atoms with Crippen LogP contribution in [0, 0.1) is 5.92 Å². The Morgan fingerprint density at radius 1 is 1.32 bits per heavy atom. The van der Waals surface area contributed by atoms with Crippen molar-refractivity contribution in [3.8, 4) is 0 Å². The highest BCUT2D eigenvalue weighted by Crippen LogP contribution is 2.34. The van der Waals surface area contributed by atoms with E-state index in [-0.39, 0.29) is 48.7 Å². The lowest BCUT2D eigenvalue weighted by Gasteiger charge is -2.28. The molecule has 1 amide bonds. The minimum Gasteiger partial charge on any atom is -0.332 e. The van der Waals surface area contributed by atoms with Crippen LogP contribution in [0.15, 0.2) is 24.3 Å². The van der Waals surface area contributed by atoms with Gasteiger partial charge in [0.05, 0.1) is 23.0 Å². The summed E-state index contributed by atoms with van der Waals surface area (Å²) in [5, 5.41) is 0. The highest BCUT2D eigenvalue weighted by atomic mass is 35.5.